The van der Waals surface area contributed by atoms with E-state index in [-0.39, 0.29) is 25.6 Å². The lowest BCUT2D eigenvalue weighted by atomic mass is 9.94. The summed E-state index contributed by atoms with van der Waals surface area (Å²) in [6, 6.07) is -0.176. The Hall–Kier alpha value is -0.730. The second-order valence-corrected chi connectivity index (χ2v) is 4.68. The maximum absolute atomic E-state index is 10.4. The summed E-state index contributed by atoms with van der Waals surface area (Å²) < 4.78 is 5.45. The lowest BCUT2D eigenvalue weighted by molar-refractivity contribution is -0.180. The molecule has 5 atom stereocenters. The van der Waals surface area contributed by atoms with Gasteiger partial charge in [-0.3, -0.25) is 4.79 Å². The molecule has 1 fully saturated rings. The van der Waals surface area contributed by atoms with Crippen molar-refractivity contribution in [1.82, 2.24) is 5.32 Å². The molecule has 0 aromatic carbocycles. The highest BCUT2D eigenvalue weighted by molar-refractivity contribution is 5.69. The van der Waals surface area contributed by atoms with Gasteiger partial charge in [0.15, 0.2) is 0 Å². The van der Waals surface area contributed by atoms with Crippen molar-refractivity contribution in [2.75, 3.05) is 13.2 Å². The van der Waals surface area contributed by atoms with E-state index in [1.807, 2.05) is 0 Å². The lowest BCUT2D eigenvalue weighted by Gasteiger charge is -2.37. The van der Waals surface area contributed by atoms with Gasteiger partial charge in [-0.2, -0.15) is 0 Å². The van der Waals surface area contributed by atoms with Gasteiger partial charge >= 0.3 is 5.97 Å². The zero-order valence-corrected chi connectivity index (χ0v) is 10.3. The van der Waals surface area contributed by atoms with E-state index in [0.717, 1.165) is 0 Å². The molecule has 1 heterocycles. The third-order valence-electron chi connectivity index (χ3n) is 3.04. The van der Waals surface area contributed by atoms with Crippen molar-refractivity contribution >= 4 is 5.97 Å². The van der Waals surface area contributed by atoms with Gasteiger partial charge in [-0.1, -0.05) is 0 Å². The zero-order valence-electron chi connectivity index (χ0n) is 10.3. The third-order valence-corrected chi connectivity index (χ3v) is 3.04. The molecule has 1 rings (SSSR count). The first kappa shape index (κ1) is 15.3. The molecule has 0 spiro atoms. The summed E-state index contributed by atoms with van der Waals surface area (Å²) in [4.78, 5) is 10.4. The van der Waals surface area contributed by atoms with Crippen LogP contribution in [-0.4, -0.2) is 70.0 Å². The van der Waals surface area contributed by atoms with E-state index < -0.39 is 30.4 Å². The molecule has 4 unspecified atom stereocenters. The minimum absolute atomic E-state index is 0.171. The molecule has 1 saturated heterocycles. The molecule has 0 aromatic heterocycles. The monoisotopic (exact) mass is 263 g/mol. The van der Waals surface area contributed by atoms with Gasteiger partial charge < -0.3 is 30.5 Å². The highest BCUT2D eigenvalue weighted by Gasteiger charge is 2.36. The summed E-state index contributed by atoms with van der Waals surface area (Å²) in [5, 5.41) is 39.7. The largest absolute Gasteiger partial charge is 0.480 e. The summed E-state index contributed by atoms with van der Waals surface area (Å²) in [5.74, 6) is -0.958. The zero-order chi connectivity index (χ0) is 13.7. The molecular weight excluding hydrogens is 242 g/mol. The SMILES string of the molecule is CC(CC1OC(CO)CC(O)[C@H]1O)NCC(=O)O. The number of nitrogens with one attached hydrogen (secondary N) is 1. The number of carboxylic acid groups (broad SMARTS) is 1. The van der Waals surface area contributed by atoms with E-state index >= 15 is 0 Å². The van der Waals surface area contributed by atoms with Crippen molar-refractivity contribution in [3.05, 3.63) is 0 Å². The van der Waals surface area contributed by atoms with E-state index in [0.29, 0.717) is 6.42 Å². The normalized spacial score (nSPS) is 34.2. The predicted molar refractivity (Wildman–Crippen MR) is 62.1 cm³/mol. The number of carbonyl (C=O) groups is 1. The number of rotatable bonds is 6. The first-order valence-electron chi connectivity index (χ1n) is 6.01. The number of aliphatic carboxylic acids is 1. The van der Waals surface area contributed by atoms with Crippen molar-refractivity contribution in [2.45, 2.75) is 50.2 Å². The second-order valence-electron chi connectivity index (χ2n) is 4.68. The number of ether oxygens (including phenoxy) is 1. The van der Waals surface area contributed by atoms with E-state index in [9.17, 15) is 15.0 Å². The van der Waals surface area contributed by atoms with Gasteiger partial charge in [0.1, 0.15) is 6.10 Å². The number of hydrogen-bond donors (Lipinski definition) is 5. The maximum Gasteiger partial charge on any atom is 0.317 e. The molecule has 0 bridgehead atoms. The number of carboxylic acids is 1. The molecule has 18 heavy (non-hydrogen) atoms. The van der Waals surface area contributed by atoms with Crippen molar-refractivity contribution in [2.24, 2.45) is 0 Å². The van der Waals surface area contributed by atoms with E-state index in [1.54, 1.807) is 6.92 Å². The molecule has 0 saturated carbocycles. The number of aliphatic hydroxyl groups excluding tert-OH is 3. The fourth-order valence-electron chi connectivity index (χ4n) is 2.05. The van der Waals surface area contributed by atoms with Gasteiger partial charge in [-0.15, -0.1) is 0 Å². The molecule has 106 valence electrons. The van der Waals surface area contributed by atoms with Crippen LogP contribution in [0.5, 0.6) is 0 Å². The topological polar surface area (TPSA) is 119 Å². The number of aliphatic hydroxyl groups is 3. The quantitative estimate of drug-likeness (QED) is 0.388. The Labute approximate surface area is 105 Å². The molecule has 0 radical (unpaired) electrons. The molecule has 1 aliphatic heterocycles. The Morgan fingerprint density at radius 1 is 1.50 bits per heavy atom. The minimum atomic E-state index is -1.01. The lowest BCUT2D eigenvalue weighted by Crippen LogP contribution is -2.51. The molecular formula is C11H21NO6. The molecule has 7 nitrogen and oxygen atoms in total. The molecule has 5 N–H and O–H groups in total. The Morgan fingerprint density at radius 2 is 2.17 bits per heavy atom. The smallest absolute Gasteiger partial charge is 0.317 e. The van der Waals surface area contributed by atoms with Gasteiger partial charge in [0.2, 0.25) is 0 Å². The van der Waals surface area contributed by atoms with Crippen LogP contribution < -0.4 is 5.32 Å². The first-order chi connectivity index (χ1) is 8.43. The summed E-state index contributed by atoms with van der Waals surface area (Å²) in [7, 11) is 0. The minimum Gasteiger partial charge on any atom is -0.480 e. The van der Waals surface area contributed by atoms with Crippen LogP contribution in [0.1, 0.15) is 19.8 Å². The van der Waals surface area contributed by atoms with Gasteiger partial charge in [0, 0.05) is 12.5 Å². The highest BCUT2D eigenvalue weighted by Crippen LogP contribution is 2.23. The van der Waals surface area contributed by atoms with Crippen LogP contribution in [-0.2, 0) is 9.53 Å². The van der Waals surface area contributed by atoms with Gasteiger partial charge in [0.25, 0.3) is 0 Å². The summed E-state index contributed by atoms with van der Waals surface area (Å²) >= 11 is 0. The van der Waals surface area contributed by atoms with Crippen LogP contribution in [0.25, 0.3) is 0 Å². The first-order valence-corrected chi connectivity index (χ1v) is 6.01. The van der Waals surface area contributed by atoms with Crippen molar-refractivity contribution in [1.29, 1.82) is 0 Å². The van der Waals surface area contributed by atoms with Crippen molar-refractivity contribution < 1.29 is 30.0 Å². The number of hydrogen-bond acceptors (Lipinski definition) is 6. The van der Waals surface area contributed by atoms with Gasteiger partial charge in [-0.05, 0) is 13.3 Å². The van der Waals surface area contributed by atoms with E-state index in [2.05, 4.69) is 5.32 Å². The molecule has 7 heteroatoms. The summed E-state index contributed by atoms with van der Waals surface area (Å²) in [6.07, 6.45) is -2.47. The van der Waals surface area contributed by atoms with Gasteiger partial charge in [0.05, 0.1) is 31.5 Å². The van der Waals surface area contributed by atoms with E-state index in [4.69, 9.17) is 14.9 Å². The molecule has 1 aliphatic rings. The van der Waals surface area contributed by atoms with Crippen molar-refractivity contribution in [3.63, 3.8) is 0 Å². The predicted octanol–water partition coefficient (Wildman–Crippen LogP) is -1.69. The van der Waals surface area contributed by atoms with Crippen molar-refractivity contribution in [3.8, 4) is 0 Å². The molecule has 0 amide bonds. The average molecular weight is 263 g/mol. The Kier molecular flexibility index (Phi) is 5.97. The Bertz CT molecular complexity index is 274. The van der Waals surface area contributed by atoms with Crippen LogP contribution in [0.2, 0.25) is 0 Å². The van der Waals surface area contributed by atoms with E-state index in [1.165, 1.54) is 0 Å². The molecule has 0 aromatic rings. The fourth-order valence-corrected chi connectivity index (χ4v) is 2.05. The van der Waals surface area contributed by atoms with Crippen LogP contribution in [0.15, 0.2) is 0 Å². The highest BCUT2D eigenvalue weighted by atomic mass is 16.5. The van der Waals surface area contributed by atoms with Crippen LogP contribution >= 0.6 is 0 Å². The Morgan fingerprint density at radius 3 is 2.72 bits per heavy atom. The summed E-state index contributed by atoms with van der Waals surface area (Å²) in [5.41, 5.74) is 0. The van der Waals surface area contributed by atoms with Crippen LogP contribution in [0.3, 0.4) is 0 Å². The standard InChI is InChI=1S/C11H21NO6/c1-6(12-4-10(15)16)2-9-11(17)8(14)3-7(5-13)18-9/h6-9,11-14,17H,2-5H2,1H3,(H,15,16)/t6?,7?,8?,9?,11-/m1/s1. The average Bonchev–Trinajstić information content (AvgIpc) is 2.32. The molecule has 0 aliphatic carbocycles. The third kappa shape index (κ3) is 4.51. The second kappa shape index (κ2) is 7.01. The maximum atomic E-state index is 10.4. The van der Waals surface area contributed by atoms with Gasteiger partial charge in [-0.25, -0.2) is 0 Å². The van der Waals surface area contributed by atoms with Crippen LogP contribution in [0, 0.1) is 0 Å². The Balaban J connectivity index is 2.45. The van der Waals surface area contributed by atoms with Crippen LogP contribution in [0.4, 0.5) is 0 Å². The summed E-state index contributed by atoms with van der Waals surface area (Å²) in [6.45, 7) is 1.39. The fraction of sp³-hybridized carbons (Fsp3) is 0.909.